The highest BCUT2D eigenvalue weighted by Crippen LogP contribution is 2.39. The summed E-state index contributed by atoms with van der Waals surface area (Å²) in [5.41, 5.74) is 2.64. The fourth-order valence-corrected chi connectivity index (χ4v) is 5.18. The molecule has 7 nitrogen and oxygen atoms in total. The molecule has 0 saturated carbocycles. The first-order chi connectivity index (χ1) is 15.9. The van der Waals surface area contributed by atoms with Crippen LogP contribution in [0.2, 0.25) is 0 Å². The Labute approximate surface area is 196 Å². The van der Waals surface area contributed by atoms with Gasteiger partial charge in [0.25, 0.3) is 5.91 Å². The number of carbonyl (C=O) groups excluding carboxylic acids is 2. The first-order valence-electron chi connectivity index (χ1n) is 12.0. The van der Waals surface area contributed by atoms with E-state index in [1.165, 1.54) is 19.1 Å². The van der Waals surface area contributed by atoms with Gasteiger partial charge in [-0.2, -0.15) is 0 Å². The maximum atomic E-state index is 13.3. The monoisotopic (exact) mass is 451 g/mol. The van der Waals surface area contributed by atoms with E-state index in [2.05, 4.69) is 32.2 Å². The van der Waals surface area contributed by atoms with Gasteiger partial charge in [0, 0.05) is 19.7 Å². The number of fused-ring (bicyclic) bond motifs is 1. The van der Waals surface area contributed by atoms with E-state index in [1.54, 1.807) is 28.9 Å². The van der Waals surface area contributed by atoms with E-state index in [-0.39, 0.29) is 23.8 Å². The third kappa shape index (κ3) is 4.47. The molecule has 0 spiro atoms. The quantitative estimate of drug-likeness (QED) is 0.610. The van der Waals surface area contributed by atoms with Crippen molar-refractivity contribution in [1.29, 1.82) is 0 Å². The molecule has 2 aliphatic rings. The predicted octanol–water partition coefficient (Wildman–Crippen LogP) is 4.44. The Morgan fingerprint density at radius 3 is 2.70 bits per heavy atom. The molecule has 1 aromatic heterocycles. The van der Waals surface area contributed by atoms with Crippen LogP contribution in [-0.4, -0.2) is 61.4 Å². The SMILES string of the molecule is CCCC[N+]1(CC)CN=CC(c2ccc3c(c2)N(C(=O)c2ccco2)C[C@H](C)N3C(C)=O)C1. The Hall–Kier alpha value is -2.93. The van der Waals surface area contributed by atoms with Crippen molar-refractivity contribution >= 4 is 29.4 Å². The maximum Gasteiger partial charge on any atom is 0.294 e. The summed E-state index contributed by atoms with van der Waals surface area (Å²) >= 11 is 0. The van der Waals surface area contributed by atoms with Gasteiger partial charge in [-0.1, -0.05) is 19.4 Å². The maximum absolute atomic E-state index is 13.3. The molecule has 2 aliphatic heterocycles. The van der Waals surface area contributed by atoms with Gasteiger partial charge >= 0.3 is 0 Å². The summed E-state index contributed by atoms with van der Waals surface area (Å²) in [5.74, 6) is 0.260. The Bertz CT molecular complexity index is 1030. The fourth-order valence-electron chi connectivity index (χ4n) is 5.18. The number of furan rings is 1. The van der Waals surface area contributed by atoms with Gasteiger partial charge in [-0.3, -0.25) is 9.59 Å². The van der Waals surface area contributed by atoms with Gasteiger partial charge in [0.05, 0.1) is 49.2 Å². The van der Waals surface area contributed by atoms with Gasteiger partial charge in [-0.25, -0.2) is 4.99 Å². The van der Waals surface area contributed by atoms with E-state index in [1.807, 2.05) is 13.0 Å². The average molecular weight is 452 g/mol. The van der Waals surface area contributed by atoms with Gasteiger partial charge in [0.2, 0.25) is 5.91 Å². The van der Waals surface area contributed by atoms with Gasteiger partial charge < -0.3 is 18.7 Å². The molecule has 0 fully saturated rings. The molecule has 33 heavy (non-hydrogen) atoms. The van der Waals surface area contributed by atoms with Crippen molar-refractivity contribution in [2.24, 2.45) is 4.99 Å². The normalized spacial score (nSPS) is 24.6. The zero-order chi connectivity index (χ0) is 23.6. The number of unbranched alkanes of at least 4 members (excludes halogenated alkanes) is 1. The lowest BCUT2D eigenvalue weighted by atomic mass is 9.94. The summed E-state index contributed by atoms with van der Waals surface area (Å²) in [7, 11) is 0. The highest BCUT2D eigenvalue weighted by atomic mass is 16.3. The molecule has 0 bridgehead atoms. The van der Waals surface area contributed by atoms with Crippen molar-refractivity contribution < 1.29 is 18.5 Å². The molecule has 176 valence electrons. The van der Waals surface area contributed by atoms with E-state index < -0.39 is 0 Å². The van der Waals surface area contributed by atoms with Crippen molar-refractivity contribution in [3.63, 3.8) is 0 Å². The highest BCUT2D eigenvalue weighted by Gasteiger charge is 2.37. The first kappa shape index (κ1) is 23.2. The van der Waals surface area contributed by atoms with Crippen LogP contribution in [-0.2, 0) is 4.79 Å². The van der Waals surface area contributed by atoms with E-state index in [9.17, 15) is 9.59 Å². The van der Waals surface area contributed by atoms with Gasteiger partial charge in [0.15, 0.2) is 12.4 Å². The van der Waals surface area contributed by atoms with Crippen LogP contribution in [0.1, 0.15) is 62.6 Å². The van der Waals surface area contributed by atoms with Crippen LogP contribution in [0.5, 0.6) is 0 Å². The second-order valence-electron chi connectivity index (χ2n) is 9.38. The fraction of sp³-hybridized carbons (Fsp3) is 0.500. The molecule has 0 saturated heterocycles. The number of carbonyl (C=O) groups is 2. The van der Waals surface area contributed by atoms with E-state index in [4.69, 9.17) is 9.41 Å². The number of hydrogen-bond acceptors (Lipinski definition) is 4. The molecule has 2 amide bonds. The van der Waals surface area contributed by atoms with Gasteiger partial charge in [0.1, 0.15) is 0 Å². The molecule has 1 aromatic carbocycles. The van der Waals surface area contributed by atoms with E-state index in [0.29, 0.717) is 12.3 Å². The molecule has 4 rings (SSSR count). The van der Waals surface area contributed by atoms with Crippen molar-refractivity contribution in [2.45, 2.75) is 52.5 Å². The second kappa shape index (κ2) is 9.51. The summed E-state index contributed by atoms with van der Waals surface area (Å²) in [6.45, 7) is 12.4. The van der Waals surface area contributed by atoms with Gasteiger partial charge in [-0.15, -0.1) is 0 Å². The number of anilines is 2. The summed E-state index contributed by atoms with van der Waals surface area (Å²) < 4.78 is 6.39. The third-order valence-corrected chi connectivity index (χ3v) is 7.09. The Kier molecular flexibility index (Phi) is 6.70. The Balaban J connectivity index is 1.72. The van der Waals surface area contributed by atoms with Crippen LogP contribution < -0.4 is 9.80 Å². The molecular weight excluding hydrogens is 416 g/mol. The second-order valence-corrected chi connectivity index (χ2v) is 9.38. The molecule has 7 heteroatoms. The molecule has 0 radical (unpaired) electrons. The third-order valence-electron chi connectivity index (χ3n) is 7.09. The van der Waals surface area contributed by atoms with Crippen LogP contribution >= 0.6 is 0 Å². The zero-order valence-electron chi connectivity index (χ0n) is 20.2. The molecular formula is C26H35N4O3+. The highest BCUT2D eigenvalue weighted by molar-refractivity contribution is 6.09. The average Bonchev–Trinajstić information content (AvgIpc) is 3.36. The summed E-state index contributed by atoms with van der Waals surface area (Å²) in [5, 5.41) is 0. The van der Waals surface area contributed by atoms with Crippen molar-refractivity contribution in [1.82, 2.24) is 0 Å². The summed E-state index contributed by atoms with van der Waals surface area (Å²) in [6.07, 6.45) is 5.94. The Morgan fingerprint density at radius 1 is 1.21 bits per heavy atom. The number of hydrogen-bond donors (Lipinski definition) is 0. The number of benzene rings is 1. The largest absolute Gasteiger partial charge is 0.459 e. The van der Waals surface area contributed by atoms with Crippen LogP contribution in [0, 0.1) is 0 Å². The number of quaternary nitrogens is 1. The standard InChI is InChI=1S/C26H35N4O3/c1-5-7-12-30(6-2)17-22(15-27-18-30)21-10-11-23-24(14-21)28(16-19(3)29(23)20(4)31)26(32)25-9-8-13-33-25/h8-11,13-15,19,22H,5-7,12,16-18H2,1-4H3/q+1/t19-,22?,30?/m0/s1. The predicted molar refractivity (Wildman–Crippen MR) is 131 cm³/mol. The van der Waals surface area contributed by atoms with Crippen molar-refractivity contribution in [2.75, 3.05) is 42.6 Å². The minimum absolute atomic E-state index is 0.0259. The van der Waals surface area contributed by atoms with Crippen LogP contribution in [0.15, 0.2) is 46.0 Å². The minimum atomic E-state index is -0.188. The Morgan fingerprint density at radius 2 is 2.03 bits per heavy atom. The van der Waals surface area contributed by atoms with Crippen molar-refractivity contribution in [3.05, 3.63) is 47.9 Å². The summed E-state index contributed by atoms with van der Waals surface area (Å²) in [6, 6.07) is 9.42. The lowest BCUT2D eigenvalue weighted by Crippen LogP contribution is -2.53. The van der Waals surface area contributed by atoms with Crippen LogP contribution in [0.25, 0.3) is 0 Å². The molecule has 3 atom stereocenters. The van der Waals surface area contributed by atoms with Gasteiger partial charge in [-0.05, 0) is 50.1 Å². The van der Waals surface area contributed by atoms with Crippen LogP contribution in [0.3, 0.4) is 0 Å². The molecule has 0 aliphatic carbocycles. The lowest BCUT2D eigenvalue weighted by molar-refractivity contribution is -0.927. The minimum Gasteiger partial charge on any atom is -0.459 e. The topological polar surface area (TPSA) is 66.1 Å². The summed E-state index contributed by atoms with van der Waals surface area (Å²) in [4.78, 5) is 34.1. The number of amides is 2. The molecule has 3 heterocycles. The van der Waals surface area contributed by atoms with E-state index in [0.717, 1.165) is 47.7 Å². The number of aliphatic imine (C=N–C) groups is 1. The van der Waals surface area contributed by atoms with E-state index >= 15 is 0 Å². The number of rotatable bonds is 6. The lowest BCUT2D eigenvalue weighted by Gasteiger charge is -2.42. The van der Waals surface area contributed by atoms with Crippen LogP contribution in [0.4, 0.5) is 11.4 Å². The zero-order valence-corrected chi connectivity index (χ0v) is 20.2. The molecule has 0 N–H and O–H groups in total. The van der Waals surface area contributed by atoms with Crippen molar-refractivity contribution in [3.8, 4) is 0 Å². The number of likely N-dealkylation sites (N-methyl/N-ethyl adjacent to an activating group) is 1. The first-order valence-corrected chi connectivity index (χ1v) is 12.0. The molecule has 2 aromatic rings. The molecule has 2 unspecified atom stereocenters. The number of nitrogens with zero attached hydrogens (tertiary/aromatic N) is 4. The smallest absolute Gasteiger partial charge is 0.294 e.